The van der Waals surface area contributed by atoms with Crippen LogP contribution in [0, 0.1) is 0 Å². The number of nitrogens with zero attached hydrogens (tertiary/aromatic N) is 1. The zero-order valence-corrected chi connectivity index (χ0v) is 13.3. The van der Waals surface area contributed by atoms with Crippen molar-refractivity contribution in [3.63, 3.8) is 0 Å². The summed E-state index contributed by atoms with van der Waals surface area (Å²) in [5.41, 5.74) is 2.07. The van der Waals surface area contributed by atoms with Crippen molar-refractivity contribution in [2.75, 3.05) is 13.1 Å². The van der Waals surface area contributed by atoms with Crippen LogP contribution in [0.5, 0.6) is 0 Å². The van der Waals surface area contributed by atoms with Crippen molar-refractivity contribution >= 4 is 23.2 Å². The molecule has 1 aromatic carbocycles. The molecule has 1 N–H and O–H groups in total. The molecule has 0 unspecified atom stereocenters. The zero-order chi connectivity index (χ0) is 15.9. The van der Waals surface area contributed by atoms with Crippen LogP contribution >= 0.6 is 11.3 Å². The minimum Gasteiger partial charge on any atom is -0.480 e. The first-order valence-corrected chi connectivity index (χ1v) is 8.11. The Morgan fingerprint density at radius 1 is 1.18 bits per heavy atom. The van der Waals surface area contributed by atoms with Crippen LogP contribution in [0.25, 0.3) is 0 Å². The Kier molecular flexibility index (Phi) is 5.72. The minimum atomic E-state index is -0.990. The van der Waals surface area contributed by atoms with Crippen molar-refractivity contribution < 1.29 is 14.7 Å². The number of carboxylic acid groups (broad SMARTS) is 1. The van der Waals surface area contributed by atoms with Gasteiger partial charge in [-0.2, -0.15) is 0 Å². The number of amides is 1. The fraction of sp³-hybridized carbons (Fsp3) is 0.294. The first kappa shape index (κ1) is 16.2. The number of aliphatic carboxylic acids is 1. The highest BCUT2D eigenvalue weighted by Gasteiger charge is 2.21. The van der Waals surface area contributed by atoms with Gasteiger partial charge in [-0.05, 0) is 35.4 Å². The van der Waals surface area contributed by atoms with Crippen LogP contribution in [0.1, 0.15) is 27.7 Å². The molecular weight excluding hydrogens is 298 g/mol. The molecule has 0 aliphatic rings. The quantitative estimate of drug-likeness (QED) is 0.854. The molecule has 22 heavy (non-hydrogen) atoms. The summed E-state index contributed by atoms with van der Waals surface area (Å²) in [7, 11) is 0. The first-order valence-electron chi connectivity index (χ1n) is 7.23. The number of aryl methyl sites for hydroxylation is 1. The number of rotatable bonds is 7. The molecule has 4 nitrogen and oxygen atoms in total. The van der Waals surface area contributed by atoms with Crippen molar-refractivity contribution in [1.29, 1.82) is 0 Å². The number of carbonyl (C=O) groups excluding carboxylic acids is 1. The van der Waals surface area contributed by atoms with E-state index in [-0.39, 0.29) is 12.5 Å². The van der Waals surface area contributed by atoms with E-state index in [1.165, 1.54) is 16.2 Å². The van der Waals surface area contributed by atoms with Gasteiger partial charge in [0.15, 0.2) is 0 Å². The minimum absolute atomic E-state index is 0.190. The van der Waals surface area contributed by atoms with Crippen LogP contribution in [0.2, 0.25) is 0 Å². The molecule has 1 aromatic heterocycles. The Labute approximate surface area is 134 Å². The van der Waals surface area contributed by atoms with E-state index in [2.05, 4.69) is 0 Å². The smallest absolute Gasteiger partial charge is 0.323 e. The average molecular weight is 317 g/mol. The highest BCUT2D eigenvalue weighted by molar-refractivity contribution is 7.12. The molecule has 116 valence electrons. The molecule has 2 aromatic rings. The maximum absolute atomic E-state index is 12.6. The van der Waals surface area contributed by atoms with Gasteiger partial charge >= 0.3 is 5.97 Å². The maximum atomic E-state index is 12.6. The number of hydrogen-bond donors (Lipinski definition) is 1. The Hall–Kier alpha value is -2.14. The fourth-order valence-electron chi connectivity index (χ4n) is 2.27. The van der Waals surface area contributed by atoms with Gasteiger partial charge in [0.2, 0.25) is 0 Å². The van der Waals surface area contributed by atoms with Gasteiger partial charge in [0.25, 0.3) is 5.91 Å². The number of thiophene rings is 1. The third kappa shape index (κ3) is 4.18. The lowest BCUT2D eigenvalue weighted by Crippen LogP contribution is -2.37. The van der Waals surface area contributed by atoms with Gasteiger partial charge < -0.3 is 10.0 Å². The van der Waals surface area contributed by atoms with Crippen LogP contribution in [0.15, 0.2) is 41.8 Å². The molecule has 0 atom stereocenters. The fourth-order valence-corrected chi connectivity index (χ4v) is 3.23. The summed E-state index contributed by atoms with van der Waals surface area (Å²) in [4.78, 5) is 25.7. The molecular formula is C17H19NO3S. The largest absolute Gasteiger partial charge is 0.480 e. The second-order valence-electron chi connectivity index (χ2n) is 4.98. The SMILES string of the molecule is CCc1ccsc1C(=O)N(CCc1ccccc1)CC(=O)O. The summed E-state index contributed by atoms with van der Waals surface area (Å²) >= 11 is 1.38. The number of hydrogen-bond acceptors (Lipinski definition) is 3. The third-order valence-corrected chi connectivity index (χ3v) is 4.39. The topological polar surface area (TPSA) is 57.6 Å². The Bertz CT molecular complexity index is 636. The molecule has 5 heteroatoms. The molecule has 0 fully saturated rings. The molecule has 1 amide bonds. The zero-order valence-electron chi connectivity index (χ0n) is 12.5. The van der Waals surface area contributed by atoms with E-state index in [4.69, 9.17) is 5.11 Å². The molecule has 1 heterocycles. The van der Waals surface area contributed by atoms with E-state index in [0.717, 1.165) is 17.5 Å². The number of carboxylic acids is 1. The van der Waals surface area contributed by atoms with Crippen LogP contribution in [-0.4, -0.2) is 35.0 Å². The summed E-state index contributed by atoms with van der Waals surface area (Å²) in [6.45, 7) is 2.12. The van der Waals surface area contributed by atoms with Gasteiger partial charge in [-0.1, -0.05) is 37.3 Å². The van der Waals surface area contributed by atoms with E-state index in [1.807, 2.05) is 48.7 Å². The molecule has 0 bridgehead atoms. The van der Waals surface area contributed by atoms with Gasteiger partial charge in [0.1, 0.15) is 6.54 Å². The Balaban J connectivity index is 2.11. The van der Waals surface area contributed by atoms with Crippen molar-refractivity contribution in [3.8, 4) is 0 Å². The molecule has 0 saturated carbocycles. The molecule has 0 saturated heterocycles. The van der Waals surface area contributed by atoms with Crippen molar-refractivity contribution in [2.45, 2.75) is 19.8 Å². The average Bonchev–Trinajstić information content (AvgIpc) is 3.00. The molecule has 0 aliphatic heterocycles. The van der Waals surface area contributed by atoms with Gasteiger partial charge in [-0.25, -0.2) is 0 Å². The van der Waals surface area contributed by atoms with E-state index in [9.17, 15) is 9.59 Å². The standard InChI is InChI=1S/C17H19NO3S/c1-2-14-9-11-22-16(14)17(21)18(12-15(19)20)10-8-13-6-4-3-5-7-13/h3-7,9,11H,2,8,10,12H2,1H3,(H,19,20). The van der Waals surface area contributed by atoms with Crippen LogP contribution in [-0.2, 0) is 17.6 Å². The van der Waals surface area contributed by atoms with Gasteiger partial charge in [0, 0.05) is 6.54 Å². The lowest BCUT2D eigenvalue weighted by Gasteiger charge is -2.20. The van der Waals surface area contributed by atoms with Crippen LogP contribution < -0.4 is 0 Å². The highest BCUT2D eigenvalue weighted by atomic mass is 32.1. The Morgan fingerprint density at radius 2 is 1.91 bits per heavy atom. The monoisotopic (exact) mass is 317 g/mol. The third-order valence-electron chi connectivity index (χ3n) is 3.45. The predicted molar refractivity (Wildman–Crippen MR) is 87.4 cm³/mol. The Morgan fingerprint density at radius 3 is 2.55 bits per heavy atom. The second kappa shape index (κ2) is 7.75. The lowest BCUT2D eigenvalue weighted by atomic mass is 10.1. The number of carbonyl (C=O) groups is 2. The van der Waals surface area contributed by atoms with Gasteiger partial charge in [0.05, 0.1) is 4.88 Å². The molecule has 0 radical (unpaired) electrons. The number of benzene rings is 1. The summed E-state index contributed by atoms with van der Waals surface area (Å²) in [5.74, 6) is -1.18. The van der Waals surface area contributed by atoms with E-state index in [1.54, 1.807) is 0 Å². The summed E-state index contributed by atoms with van der Waals surface area (Å²) < 4.78 is 0. The normalized spacial score (nSPS) is 10.4. The van der Waals surface area contributed by atoms with Crippen molar-refractivity contribution in [1.82, 2.24) is 4.90 Å². The maximum Gasteiger partial charge on any atom is 0.323 e. The first-order chi connectivity index (χ1) is 10.6. The summed E-state index contributed by atoms with van der Waals surface area (Å²) in [5, 5.41) is 10.9. The molecule has 0 aliphatic carbocycles. The van der Waals surface area contributed by atoms with Gasteiger partial charge in [-0.15, -0.1) is 11.3 Å². The molecule has 2 rings (SSSR count). The van der Waals surface area contributed by atoms with Crippen LogP contribution in [0.4, 0.5) is 0 Å². The van der Waals surface area contributed by atoms with E-state index >= 15 is 0 Å². The second-order valence-corrected chi connectivity index (χ2v) is 5.90. The van der Waals surface area contributed by atoms with Crippen molar-refractivity contribution in [3.05, 3.63) is 57.8 Å². The lowest BCUT2D eigenvalue weighted by molar-refractivity contribution is -0.137. The summed E-state index contributed by atoms with van der Waals surface area (Å²) in [6, 6.07) is 11.7. The van der Waals surface area contributed by atoms with Crippen molar-refractivity contribution in [2.24, 2.45) is 0 Å². The summed E-state index contributed by atoms with van der Waals surface area (Å²) in [6.07, 6.45) is 1.41. The van der Waals surface area contributed by atoms with E-state index in [0.29, 0.717) is 17.8 Å². The predicted octanol–water partition coefficient (Wildman–Crippen LogP) is 3.08. The van der Waals surface area contributed by atoms with E-state index < -0.39 is 5.97 Å². The highest BCUT2D eigenvalue weighted by Crippen LogP contribution is 2.20. The van der Waals surface area contributed by atoms with Gasteiger partial charge in [-0.3, -0.25) is 9.59 Å². The molecule has 0 spiro atoms. The van der Waals surface area contributed by atoms with Crippen LogP contribution in [0.3, 0.4) is 0 Å².